The van der Waals surface area contributed by atoms with E-state index < -0.39 is 47.8 Å². The second-order valence-electron chi connectivity index (χ2n) is 9.18. The van der Waals surface area contributed by atoms with Gasteiger partial charge in [0.2, 0.25) is 23.6 Å². The van der Waals surface area contributed by atoms with Gasteiger partial charge in [0, 0.05) is 6.42 Å². The van der Waals surface area contributed by atoms with Gasteiger partial charge in [0.05, 0.1) is 0 Å². The number of likely N-dealkylation sites (tertiary alicyclic amines) is 1. The van der Waals surface area contributed by atoms with Crippen molar-refractivity contribution >= 4 is 29.7 Å². The van der Waals surface area contributed by atoms with Crippen molar-refractivity contribution < 1.29 is 28.7 Å². The number of amides is 5. The highest BCUT2D eigenvalue weighted by molar-refractivity contribution is 6.01. The molecule has 1 heterocycles. The van der Waals surface area contributed by atoms with Crippen molar-refractivity contribution in [3.05, 3.63) is 35.9 Å². The minimum Gasteiger partial charge on any atom is -0.444 e. The van der Waals surface area contributed by atoms with Crippen LogP contribution in [0.5, 0.6) is 0 Å². The van der Waals surface area contributed by atoms with Crippen LogP contribution in [0, 0.1) is 11.8 Å². The summed E-state index contributed by atoms with van der Waals surface area (Å²) < 4.78 is 5.23. The Hall–Kier alpha value is -3.43. The molecular formula is C24H34N4O6. The van der Waals surface area contributed by atoms with Crippen LogP contribution in [0.4, 0.5) is 4.79 Å². The standard InChI is InChI=1S/C24H34N4O6/c1-14(2)12-17(21(25)30)26-23(32)20(15(3)4)27-22(31)18-10-11-19(29)28(18)24(33)34-13-16-8-6-5-7-9-16/h5-9,14-15,17-18,20H,10-13H2,1-4H3,(H2,25,30)(H,26,32)(H,27,31)/t17-,18-,20-/m0/s1. The third-order valence-corrected chi connectivity index (χ3v) is 5.53. The SMILES string of the molecule is CC(C)C[C@H](NC(=O)[C@@H](NC(=O)[C@@H]1CCC(=O)N1C(=O)OCc1ccccc1)C(C)C)C(N)=O. The molecule has 3 atom stereocenters. The minimum atomic E-state index is -1.09. The van der Waals surface area contributed by atoms with Crippen molar-refractivity contribution in [2.45, 2.75) is 71.7 Å². The maximum Gasteiger partial charge on any atom is 0.417 e. The van der Waals surface area contributed by atoms with Gasteiger partial charge in [0.15, 0.2) is 0 Å². The van der Waals surface area contributed by atoms with E-state index >= 15 is 0 Å². The first-order chi connectivity index (χ1) is 16.0. The molecule has 0 radical (unpaired) electrons. The lowest BCUT2D eigenvalue weighted by atomic mass is 9.99. The van der Waals surface area contributed by atoms with E-state index in [1.54, 1.807) is 38.1 Å². The molecule has 1 saturated heterocycles. The number of carbonyl (C=O) groups excluding carboxylic acids is 5. The maximum atomic E-state index is 13.0. The molecule has 34 heavy (non-hydrogen) atoms. The van der Waals surface area contributed by atoms with Gasteiger partial charge in [-0.3, -0.25) is 19.2 Å². The number of hydrogen-bond donors (Lipinski definition) is 3. The molecule has 0 spiro atoms. The smallest absolute Gasteiger partial charge is 0.417 e. The van der Waals surface area contributed by atoms with Crippen LogP contribution in [0.15, 0.2) is 30.3 Å². The van der Waals surface area contributed by atoms with E-state index in [9.17, 15) is 24.0 Å². The third-order valence-electron chi connectivity index (χ3n) is 5.53. The van der Waals surface area contributed by atoms with Gasteiger partial charge in [-0.25, -0.2) is 9.69 Å². The van der Waals surface area contributed by atoms with Crippen molar-refractivity contribution in [3.8, 4) is 0 Å². The number of hydrogen-bond acceptors (Lipinski definition) is 6. The molecule has 0 bridgehead atoms. The van der Waals surface area contributed by atoms with E-state index in [0.29, 0.717) is 6.42 Å². The number of benzene rings is 1. The first kappa shape index (κ1) is 26.8. The molecule has 0 aromatic heterocycles. The Morgan fingerprint density at radius 3 is 2.29 bits per heavy atom. The van der Waals surface area contributed by atoms with Gasteiger partial charge in [-0.15, -0.1) is 0 Å². The summed E-state index contributed by atoms with van der Waals surface area (Å²) in [7, 11) is 0. The highest BCUT2D eigenvalue weighted by Gasteiger charge is 2.42. The fourth-order valence-corrected chi connectivity index (χ4v) is 3.71. The van der Waals surface area contributed by atoms with Gasteiger partial charge in [0.25, 0.3) is 0 Å². The summed E-state index contributed by atoms with van der Waals surface area (Å²) in [6.07, 6.45) is -0.426. The molecule has 0 aliphatic carbocycles. The van der Waals surface area contributed by atoms with E-state index in [2.05, 4.69) is 10.6 Å². The highest BCUT2D eigenvalue weighted by atomic mass is 16.6. The number of rotatable bonds is 10. The summed E-state index contributed by atoms with van der Waals surface area (Å²) in [6, 6.07) is 6.01. The predicted octanol–water partition coefficient (Wildman–Crippen LogP) is 1.47. The van der Waals surface area contributed by atoms with E-state index in [1.165, 1.54) is 0 Å². The fourth-order valence-electron chi connectivity index (χ4n) is 3.71. The molecule has 0 saturated carbocycles. The number of primary amides is 1. The zero-order chi connectivity index (χ0) is 25.4. The summed E-state index contributed by atoms with van der Waals surface area (Å²) >= 11 is 0. The van der Waals surface area contributed by atoms with E-state index in [-0.39, 0.29) is 31.3 Å². The van der Waals surface area contributed by atoms with Crippen LogP contribution in [-0.4, -0.2) is 52.7 Å². The average Bonchev–Trinajstić information content (AvgIpc) is 3.16. The monoisotopic (exact) mass is 474 g/mol. The minimum absolute atomic E-state index is 0.00913. The summed E-state index contributed by atoms with van der Waals surface area (Å²) in [6.45, 7) is 7.22. The van der Waals surface area contributed by atoms with Crippen LogP contribution in [0.25, 0.3) is 0 Å². The molecular weight excluding hydrogens is 440 g/mol. The number of nitrogens with zero attached hydrogens (tertiary/aromatic N) is 1. The summed E-state index contributed by atoms with van der Waals surface area (Å²) in [5.41, 5.74) is 6.15. The van der Waals surface area contributed by atoms with Crippen molar-refractivity contribution in [3.63, 3.8) is 0 Å². The largest absolute Gasteiger partial charge is 0.444 e. The number of imide groups is 1. The van der Waals surface area contributed by atoms with Crippen LogP contribution in [0.2, 0.25) is 0 Å². The van der Waals surface area contributed by atoms with Gasteiger partial charge in [-0.1, -0.05) is 58.0 Å². The molecule has 1 aliphatic rings. The van der Waals surface area contributed by atoms with Crippen molar-refractivity contribution in [2.24, 2.45) is 17.6 Å². The van der Waals surface area contributed by atoms with Gasteiger partial charge in [0.1, 0.15) is 24.7 Å². The van der Waals surface area contributed by atoms with Gasteiger partial charge < -0.3 is 21.1 Å². The van der Waals surface area contributed by atoms with Crippen LogP contribution >= 0.6 is 0 Å². The Kier molecular flexibility index (Phi) is 9.58. The first-order valence-corrected chi connectivity index (χ1v) is 11.4. The molecule has 2 rings (SSSR count). The van der Waals surface area contributed by atoms with Crippen molar-refractivity contribution in [1.29, 1.82) is 0 Å². The van der Waals surface area contributed by atoms with Crippen molar-refractivity contribution in [2.75, 3.05) is 0 Å². The third kappa shape index (κ3) is 7.29. The van der Waals surface area contributed by atoms with Crippen molar-refractivity contribution in [1.82, 2.24) is 15.5 Å². The van der Waals surface area contributed by atoms with Crippen LogP contribution in [0.1, 0.15) is 52.5 Å². The Balaban J connectivity index is 2.06. The molecule has 0 unspecified atom stereocenters. The lowest BCUT2D eigenvalue weighted by molar-refractivity contribution is -0.136. The molecule has 10 heteroatoms. The number of ether oxygens (including phenoxy) is 1. The van der Waals surface area contributed by atoms with E-state index in [4.69, 9.17) is 10.5 Å². The highest BCUT2D eigenvalue weighted by Crippen LogP contribution is 2.21. The van der Waals surface area contributed by atoms with Crippen LogP contribution in [-0.2, 0) is 30.5 Å². The van der Waals surface area contributed by atoms with Crippen LogP contribution in [0.3, 0.4) is 0 Å². The lowest BCUT2D eigenvalue weighted by Crippen LogP contribution is -2.58. The number of carbonyl (C=O) groups is 5. The Labute approximate surface area is 199 Å². The van der Waals surface area contributed by atoms with Crippen LogP contribution < -0.4 is 16.4 Å². The average molecular weight is 475 g/mol. The molecule has 4 N–H and O–H groups in total. The van der Waals surface area contributed by atoms with Gasteiger partial charge in [-0.05, 0) is 30.2 Å². The molecule has 1 aromatic rings. The predicted molar refractivity (Wildman–Crippen MR) is 124 cm³/mol. The second-order valence-corrected chi connectivity index (χ2v) is 9.18. The Morgan fingerprint density at radius 1 is 1.09 bits per heavy atom. The second kappa shape index (κ2) is 12.2. The van der Waals surface area contributed by atoms with E-state index in [0.717, 1.165) is 10.5 Å². The Morgan fingerprint density at radius 2 is 1.74 bits per heavy atom. The quantitative estimate of drug-likeness (QED) is 0.468. The molecule has 1 aromatic carbocycles. The summed E-state index contributed by atoms with van der Waals surface area (Å²) in [5, 5.41) is 5.24. The number of nitrogens with two attached hydrogens (primary N) is 1. The Bertz CT molecular complexity index is 902. The van der Waals surface area contributed by atoms with Gasteiger partial charge in [-0.2, -0.15) is 0 Å². The molecule has 1 aliphatic heterocycles. The zero-order valence-corrected chi connectivity index (χ0v) is 20.1. The summed E-state index contributed by atoms with van der Waals surface area (Å²) in [5.74, 6) is -2.60. The summed E-state index contributed by atoms with van der Waals surface area (Å²) in [4.78, 5) is 63.3. The maximum absolute atomic E-state index is 13.0. The topological polar surface area (TPSA) is 148 Å². The number of nitrogens with one attached hydrogen (secondary N) is 2. The lowest BCUT2D eigenvalue weighted by Gasteiger charge is -2.28. The van der Waals surface area contributed by atoms with Gasteiger partial charge >= 0.3 is 6.09 Å². The van der Waals surface area contributed by atoms with E-state index in [1.807, 2.05) is 19.9 Å². The molecule has 10 nitrogen and oxygen atoms in total. The fraction of sp³-hybridized carbons (Fsp3) is 0.542. The molecule has 186 valence electrons. The normalized spacial score (nSPS) is 17.4. The zero-order valence-electron chi connectivity index (χ0n) is 20.1. The first-order valence-electron chi connectivity index (χ1n) is 11.4. The molecule has 1 fully saturated rings. The molecule has 5 amide bonds.